The number of nitrogens with one attached hydrogen (secondary N) is 1. The number of alkyl halides is 3. The molecular formula is C12H12F4N4. The fourth-order valence-electron chi connectivity index (χ4n) is 1.75. The molecule has 0 saturated carbocycles. The number of nitrogen functional groups attached to an aromatic ring is 1. The molecule has 0 saturated heterocycles. The Morgan fingerprint density at radius 1 is 1.30 bits per heavy atom. The maximum Gasteiger partial charge on any atom is 0.416 e. The molecule has 1 aromatic carbocycles. The molecule has 0 amide bonds. The summed E-state index contributed by atoms with van der Waals surface area (Å²) >= 11 is 0. The summed E-state index contributed by atoms with van der Waals surface area (Å²) in [7, 11) is 1.55. The largest absolute Gasteiger partial charge is 0.416 e. The fraction of sp³-hybridized carbons (Fsp3) is 0.250. The van der Waals surface area contributed by atoms with Crippen LogP contribution in [0.15, 0.2) is 18.2 Å². The van der Waals surface area contributed by atoms with Gasteiger partial charge in [-0.3, -0.25) is 4.68 Å². The fourth-order valence-corrected chi connectivity index (χ4v) is 1.75. The van der Waals surface area contributed by atoms with E-state index in [4.69, 9.17) is 5.73 Å². The lowest BCUT2D eigenvalue weighted by Gasteiger charge is -2.12. The third-order valence-corrected chi connectivity index (χ3v) is 2.82. The highest BCUT2D eigenvalue weighted by molar-refractivity contribution is 5.71. The second-order valence-electron chi connectivity index (χ2n) is 4.29. The Labute approximate surface area is 112 Å². The molecule has 0 atom stereocenters. The third kappa shape index (κ3) is 2.54. The number of nitrogens with zero attached hydrogens (tertiary/aromatic N) is 2. The summed E-state index contributed by atoms with van der Waals surface area (Å²) < 4.78 is 52.8. The van der Waals surface area contributed by atoms with Crippen LogP contribution in [0.2, 0.25) is 0 Å². The van der Waals surface area contributed by atoms with Crippen LogP contribution in [0.1, 0.15) is 11.3 Å². The molecule has 3 N–H and O–H groups in total. The van der Waals surface area contributed by atoms with E-state index in [0.717, 1.165) is 6.07 Å². The number of hydrogen-bond donors (Lipinski definition) is 2. The Morgan fingerprint density at radius 3 is 2.45 bits per heavy atom. The van der Waals surface area contributed by atoms with Crippen molar-refractivity contribution in [2.24, 2.45) is 7.05 Å². The minimum absolute atomic E-state index is 0.237. The molecule has 0 fully saturated rings. The molecule has 0 bridgehead atoms. The molecule has 1 heterocycles. The van der Waals surface area contributed by atoms with Crippen LogP contribution in [-0.2, 0) is 13.2 Å². The van der Waals surface area contributed by atoms with Crippen LogP contribution in [0, 0.1) is 12.7 Å². The van der Waals surface area contributed by atoms with E-state index in [1.165, 1.54) is 4.68 Å². The first-order valence-corrected chi connectivity index (χ1v) is 5.63. The lowest BCUT2D eigenvalue weighted by Crippen LogP contribution is -2.08. The molecular weight excluding hydrogens is 276 g/mol. The number of halogens is 4. The van der Waals surface area contributed by atoms with Crippen molar-refractivity contribution in [3.63, 3.8) is 0 Å². The molecule has 2 rings (SSSR count). The van der Waals surface area contributed by atoms with Gasteiger partial charge in [-0.2, -0.15) is 18.3 Å². The van der Waals surface area contributed by atoms with Crippen LogP contribution in [0.3, 0.4) is 0 Å². The minimum Gasteiger partial charge on any atom is -0.394 e. The minimum atomic E-state index is -4.54. The maximum absolute atomic E-state index is 13.6. The Hall–Kier alpha value is -2.25. The van der Waals surface area contributed by atoms with Gasteiger partial charge in [-0.05, 0) is 25.1 Å². The van der Waals surface area contributed by atoms with Crippen LogP contribution in [0.4, 0.5) is 34.8 Å². The van der Waals surface area contributed by atoms with Crippen molar-refractivity contribution in [2.75, 3.05) is 11.1 Å². The lowest BCUT2D eigenvalue weighted by molar-refractivity contribution is -0.137. The Morgan fingerprint density at radius 2 is 1.95 bits per heavy atom. The van der Waals surface area contributed by atoms with E-state index in [9.17, 15) is 17.6 Å². The summed E-state index contributed by atoms with van der Waals surface area (Å²) in [6.07, 6.45) is -4.54. The summed E-state index contributed by atoms with van der Waals surface area (Å²) in [5, 5.41) is 6.53. The number of nitrogens with two attached hydrogens (primary N) is 1. The van der Waals surface area contributed by atoms with Gasteiger partial charge in [-0.1, -0.05) is 0 Å². The number of benzene rings is 1. The van der Waals surface area contributed by atoms with Gasteiger partial charge in [0.2, 0.25) is 0 Å². The molecule has 0 aliphatic rings. The lowest BCUT2D eigenvalue weighted by atomic mass is 10.2. The normalized spacial score (nSPS) is 11.7. The van der Waals surface area contributed by atoms with Crippen molar-refractivity contribution in [3.8, 4) is 0 Å². The molecule has 8 heteroatoms. The monoisotopic (exact) mass is 288 g/mol. The van der Waals surface area contributed by atoms with Gasteiger partial charge < -0.3 is 11.1 Å². The van der Waals surface area contributed by atoms with Gasteiger partial charge in [0.15, 0.2) is 5.82 Å². The molecule has 4 nitrogen and oxygen atoms in total. The van der Waals surface area contributed by atoms with Gasteiger partial charge in [-0.15, -0.1) is 0 Å². The van der Waals surface area contributed by atoms with Gasteiger partial charge in [0.1, 0.15) is 5.82 Å². The van der Waals surface area contributed by atoms with E-state index >= 15 is 0 Å². The molecule has 0 aliphatic heterocycles. The molecule has 2 aromatic rings. The van der Waals surface area contributed by atoms with Gasteiger partial charge >= 0.3 is 6.18 Å². The van der Waals surface area contributed by atoms with Gasteiger partial charge in [0.05, 0.1) is 22.6 Å². The van der Waals surface area contributed by atoms with E-state index in [-0.39, 0.29) is 17.2 Å². The first-order chi connectivity index (χ1) is 9.20. The Bertz CT molecular complexity index is 646. The van der Waals surface area contributed by atoms with Crippen molar-refractivity contribution >= 4 is 17.2 Å². The quantitative estimate of drug-likeness (QED) is 0.834. The van der Waals surface area contributed by atoms with Gasteiger partial charge in [0.25, 0.3) is 0 Å². The van der Waals surface area contributed by atoms with E-state index in [1.807, 2.05) is 0 Å². The first-order valence-electron chi connectivity index (χ1n) is 5.63. The molecule has 0 spiro atoms. The molecule has 0 aliphatic carbocycles. The SMILES string of the molecule is Cc1nn(C)c(Nc2cc(C(F)(F)F)ccc2F)c1N. The molecule has 108 valence electrons. The first kappa shape index (κ1) is 14.2. The number of rotatable bonds is 2. The number of anilines is 3. The van der Waals surface area contributed by atoms with E-state index in [0.29, 0.717) is 17.8 Å². The standard InChI is InChI=1S/C12H12F4N4/c1-6-10(17)11(20(2)19-6)18-9-5-7(12(14,15)16)3-4-8(9)13/h3-5,18H,17H2,1-2H3. The maximum atomic E-state index is 13.6. The second kappa shape index (κ2) is 4.69. The zero-order valence-corrected chi connectivity index (χ0v) is 10.7. The van der Waals surface area contributed by atoms with E-state index in [2.05, 4.69) is 10.4 Å². The molecule has 1 aromatic heterocycles. The van der Waals surface area contributed by atoms with Crippen LogP contribution in [0.5, 0.6) is 0 Å². The highest BCUT2D eigenvalue weighted by Gasteiger charge is 2.31. The second-order valence-corrected chi connectivity index (χ2v) is 4.29. The molecule has 0 radical (unpaired) electrons. The third-order valence-electron chi connectivity index (χ3n) is 2.82. The van der Waals surface area contributed by atoms with Crippen molar-refractivity contribution in [2.45, 2.75) is 13.1 Å². The molecule has 0 unspecified atom stereocenters. The van der Waals surface area contributed by atoms with Crippen molar-refractivity contribution in [1.29, 1.82) is 0 Å². The highest BCUT2D eigenvalue weighted by Crippen LogP contribution is 2.33. The summed E-state index contributed by atoms with van der Waals surface area (Å²) in [5.41, 5.74) is 5.23. The number of aromatic nitrogens is 2. The Balaban J connectivity index is 2.43. The summed E-state index contributed by atoms with van der Waals surface area (Å²) in [4.78, 5) is 0. The zero-order chi connectivity index (χ0) is 15.1. The number of hydrogen-bond acceptors (Lipinski definition) is 3. The smallest absolute Gasteiger partial charge is 0.394 e. The zero-order valence-electron chi connectivity index (χ0n) is 10.7. The number of aryl methyl sites for hydroxylation is 2. The van der Waals surface area contributed by atoms with Crippen LogP contribution < -0.4 is 11.1 Å². The van der Waals surface area contributed by atoms with Crippen molar-refractivity contribution in [3.05, 3.63) is 35.3 Å². The van der Waals surface area contributed by atoms with Crippen LogP contribution in [0.25, 0.3) is 0 Å². The predicted molar refractivity (Wildman–Crippen MR) is 67.0 cm³/mol. The predicted octanol–water partition coefficient (Wildman–Crippen LogP) is 3.21. The average molecular weight is 288 g/mol. The summed E-state index contributed by atoms with van der Waals surface area (Å²) in [6, 6.07) is 2.13. The van der Waals surface area contributed by atoms with Crippen LogP contribution in [-0.4, -0.2) is 9.78 Å². The topological polar surface area (TPSA) is 55.9 Å². The van der Waals surface area contributed by atoms with E-state index < -0.39 is 17.6 Å². The summed E-state index contributed by atoms with van der Waals surface area (Å²) in [6.45, 7) is 1.64. The van der Waals surface area contributed by atoms with Crippen molar-refractivity contribution < 1.29 is 17.6 Å². The van der Waals surface area contributed by atoms with Crippen molar-refractivity contribution in [1.82, 2.24) is 9.78 Å². The Kier molecular flexibility index (Phi) is 3.33. The highest BCUT2D eigenvalue weighted by atomic mass is 19.4. The van der Waals surface area contributed by atoms with Gasteiger partial charge in [0, 0.05) is 7.05 Å². The van der Waals surface area contributed by atoms with E-state index in [1.54, 1.807) is 14.0 Å². The average Bonchev–Trinajstić information content (AvgIpc) is 2.57. The van der Waals surface area contributed by atoms with Crippen LogP contribution >= 0.6 is 0 Å². The molecule has 20 heavy (non-hydrogen) atoms. The summed E-state index contributed by atoms with van der Waals surface area (Å²) in [5.74, 6) is -0.572. The van der Waals surface area contributed by atoms with Gasteiger partial charge in [-0.25, -0.2) is 4.39 Å².